The molecule has 162 valence electrons. The van der Waals surface area contributed by atoms with Crippen molar-refractivity contribution in [3.8, 4) is 0 Å². The quantitative estimate of drug-likeness (QED) is 0.661. The number of hydrogen-bond acceptors (Lipinski definition) is 8. The maximum atomic E-state index is 13.1. The number of rotatable bonds is 6. The summed E-state index contributed by atoms with van der Waals surface area (Å²) < 4.78 is 24.5. The summed E-state index contributed by atoms with van der Waals surface area (Å²) in [5.41, 5.74) is 0.00412. The van der Waals surface area contributed by atoms with E-state index < -0.39 is 48.4 Å². The Morgan fingerprint density at radius 1 is 1.20 bits per heavy atom. The number of aliphatic hydroxyl groups is 2. The van der Waals surface area contributed by atoms with Crippen molar-refractivity contribution in [2.45, 2.75) is 57.7 Å². The summed E-state index contributed by atoms with van der Waals surface area (Å²) in [6, 6.07) is 9.36. The second-order valence-corrected chi connectivity index (χ2v) is 7.41. The molecule has 2 saturated heterocycles. The lowest BCUT2D eigenvalue weighted by molar-refractivity contribution is -0.352. The molecule has 5 atom stereocenters. The summed E-state index contributed by atoms with van der Waals surface area (Å²) in [5, 5.41) is 20.3. The zero-order chi connectivity index (χ0) is 21.5. The van der Waals surface area contributed by atoms with Gasteiger partial charge in [-0.05, 0) is 19.4 Å². The molecule has 0 aliphatic carbocycles. The third kappa shape index (κ3) is 3.51. The van der Waals surface area contributed by atoms with Gasteiger partial charge in [0.25, 0.3) is 5.56 Å². The fourth-order valence-corrected chi connectivity index (χ4v) is 3.78. The molecule has 0 saturated carbocycles. The van der Waals surface area contributed by atoms with Crippen LogP contribution >= 0.6 is 0 Å². The molecular formula is C20H24N2O8. The first-order valence-corrected chi connectivity index (χ1v) is 9.60. The standard InChI is InChI=1S/C20H24N2O8/c1-12-8-21(18-15-16(24)20(10-23,30-18)29-13(2)28-15)19(26)22(17(12)25)11-27-9-14-6-4-3-5-7-14/h3-8,13,15-16,18,23-24H,9-11H2,1-2H3/t13-,15+,16?,18-,20-/m1/s1. The Morgan fingerprint density at radius 2 is 1.93 bits per heavy atom. The van der Waals surface area contributed by atoms with Crippen LogP contribution < -0.4 is 11.2 Å². The van der Waals surface area contributed by atoms with Gasteiger partial charge in [0.1, 0.15) is 25.5 Å². The Morgan fingerprint density at radius 3 is 2.63 bits per heavy atom. The molecule has 2 aliphatic heterocycles. The van der Waals surface area contributed by atoms with Crippen LogP contribution in [-0.4, -0.2) is 50.2 Å². The highest BCUT2D eigenvalue weighted by molar-refractivity contribution is 5.13. The van der Waals surface area contributed by atoms with Crippen LogP contribution in [0.2, 0.25) is 0 Å². The monoisotopic (exact) mass is 420 g/mol. The smallest absolute Gasteiger partial charge is 0.335 e. The summed E-state index contributed by atoms with van der Waals surface area (Å²) in [7, 11) is 0. The van der Waals surface area contributed by atoms with Gasteiger partial charge < -0.3 is 29.2 Å². The zero-order valence-corrected chi connectivity index (χ0v) is 16.6. The van der Waals surface area contributed by atoms with Crippen molar-refractivity contribution in [3.63, 3.8) is 0 Å². The molecule has 1 unspecified atom stereocenters. The van der Waals surface area contributed by atoms with Crippen molar-refractivity contribution in [2.24, 2.45) is 0 Å². The van der Waals surface area contributed by atoms with Crippen molar-refractivity contribution >= 4 is 0 Å². The first kappa shape index (κ1) is 20.9. The lowest BCUT2D eigenvalue weighted by Crippen LogP contribution is -2.55. The van der Waals surface area contributed by atoms with Crippen molar-refractivity contribution in [3.05, 3.63) is 68.5 Å². The summed E-state index contributed by atoms with van der Waals surface area (Å²) in [4.78, 5) is 25.6. The van der Waals surface area contributed by atoms with Crippen LogP contribution in [0.3, 0.4) is 0 Å². The largest absolute Gasteiger partial charge is 0.391 e. The van der Waals surface area contributed by atoms with Crippen LogP contribution in [0.5, 0.6) is 0 Å². The van der Waals surface area contributed by atoms with E-state index in [1.807, 2.05) is 30.3 Å². The Kier molecular flexibility index (Phi) is 5.62. The molecule has 10 nitrogen and oxygen atoms in total. The van der Waals surface area contributed by atoms with Gasteiger partial charge in [0.05, 0.1) is 6.61 Å². The Balaban J connectivity index is 1.63. The van der Waals surface area contributed by atoms with E-state index in [1.54, 1.807) is 13.8 Å². The number of ether oxygens (including phenoxy) is 4. The number of aryl methyl sites for hydroxylation is 1. The molecule has 3 heterocycles. The first-order chi connectivity index (χ1) is 14.4. The number of benzene rings is 1. The molecule has 2 aromatic rings. The van der Waals surface area contributed by atoms with Gasteiger partial charge in [0.15, 0.2) is 12.5 Å². The molecule has 2 fully saturated rings. The Hall–Kier alpha value is -2.34. The normalized spacial score (nSPS) is 30.5. The van der Waals surface area contributed by atoms with Gasteiger partial charge in [0.2, 0.25) is 5.79 Å². The predicted octanol–water partition coefficient (Wildman–Crippen LogP) is -0.168. The summed E-state index contributed by atoms with van der Waals surface area (Å²) >= 11 is 0. The van der Waals surface area contributed by atoms with E-state index in [9.17, 15) is 19.8 Å². The van der Waals surface area contributed by atoms with Gasteiger partial charge in [-0.1, -0.05) is 30.3 Å². The highest BCUT2D eigenvalue weighted by Crippen LogP contribution is 2.44. The Bertz CT molecular complexity index is 1020. The maximum Gasteiger partial charge on any atom is 0.335 e. The SMILES string of the molecule is Cc1cn([C@@H]2O[C@@]3(CO)O[C@H](C)O[C@H]2C3O)c(=O)n(COCc2ccccc2)c1=O. The van der Waals surface area contributed by atoms with E-state index in [2.05, 4.69) is 0 Å². The van der Waals surface area contributed by atoms with Gasteiger partial charge in [-0.25, -0.2) is 9.36 Å². The highest BCUT2D eigenvalue weighted by atomic mass is 16.8. The average molecular weight is 420 g/mol. The molecule has 0 amide bonds. The van der Waals surface area contributed by atoms with Crippen LogP contribution in [0, 0.1) is 6.92 Å². The minimum Gasteiger partial charge on any atom is -0.391 e. The highest BCUT2D eigenvalue weighted by Gasteiger charge is 2.61. The number of nitrogens with zero attached hydrogens (tertiary/aromatic N) is 2. The summed E-state index contributed by atoms with van der Waals surface area (Å²) in [5.74, 6) is -1.70. The second kappa shape index (κ2) is 8.06. The molecule has 1 aromatic carbocycles. The maximum absolute atomic E-state index is 13.1. The van der Waals surface area contributed by atoms with Crippen LogP contribution in [0.15, 0.2) is 46.1 Å². The third-order valence-electron chi connectivity index (χ3n) is 5.27. The van der Waals surface area contributed by atoms with Gasteiger partial charge in [0, 0.05) is 11.8 Å². The van der Waals surface area contributed by atoms with E-state index >= 15 is 0 Å². The van der Waals surface area contributed by atoms with E-state index in [0.29, 0.717) is 0 Å². The molecule has 4 rings (SSSR count). The fraction of sp³-hybridized carbons (Fsp3) is 0.500. The minimum absolute atomic E-state index is 0.226. The molecular weight excluding hydrogens is 396 g/mol. The van der Waals surface area contributed by atoms with Gasteiger partial charge in [-0.2, -0.15) is 0 Å². The van der Waals surface area contributed by atoms with Gasteiger partial charge in [-0.15, -0.1) is 0 Å². The van der Waals surface area contributed by atoms with Crippen molar-refractivity contribution in [1.82, 2.24) is 9.13 Å². The average Bonchev–Trinajstić information content (AvgIpc) is 2.90. The van der Waals surface area contributed by atoms with Crippen LogP contribution in [-0.2, 0) is 32.3 Å². The number of aromatic nitrogens is 2. The minimum atomic E-state index is -1.70. The fourth-order valence-electron chi connectivity index (χ4n) is 3.78. The molecule has 30 heavy (non-hydrogen) atoms. The van der Waals surface area contributed by atoms with Crippen LogP contribution in [0.1, 0.15) is 24.3 Å². The Labute approximate surface area is 171 Å². The summed E-state index contributed by atoms with van der Waals surface area (Å²) in [6.45, 7) is 2.51. The molecule has 2 N–H and O–H groups in total. The number of fused-ring (bicyclic) bond motifs is 2. The van der Waals surface area contributed by atoms with E-state index in [4.69, 9.17) is 18.9 Å². The van der Waals surface area contributed by atoms with Crippen LogP contribution in [0.4, 0.5) is 0 Å². The second-order valence-electron chi connectivity index (χ2n) is 7.41. The first-order valence-electron chi connectivity index (χ1n) is 9.60. The number of aliphatic hydroxyl groups excluding tert-OH is 2. The van der Waals surface area contributed by atoms with E-state index in [0.717, 1.165) is 14.7 Å². The van der Waals surface area contributed by atoms with Crippen molar-refractivity contribution in [2.75, 3.05) is 6.61 Å². The zero-order valence-electron chi connectivity index (χ0n) is 16.6. The van der Waals surface area contributed by atoms with Gasteiger partial charge >= 0.3 is 5.69 Å². The third-order valence-corrected chi connectivity index (χ3v) is 5.27. The summed E-state index contributed by atoms with van der Waals surface area (Å²) in [6.07, 6.45) is -2.79. The lowest BCUT2D eigenvalue weighted by Gasteiger charge is -2.37. The molecule has 10 heteroatoms. The molecule has 1 aromatic heterocycles. The van der Waals surface area contributed by atoms with E-state index in [1.165, 1.54) is 6.20 Å². The topological polar surface area (TPSA) is 121 Å². The lowest BCUT2D eigenvalue weighted by atomic mass is 10.1. The van der Waals surface area contributed by atoms with Crippen LogP contribution in [0.25, 0.3) is 0 Å². The molecule has 2 aliphatic rings. The molecule has 0 radical (unpaired) electrons. The van der Waals surface area contributed by atoms with E-state index in [-0.39, 0.29) is 18.9 Å². The molecule has 2 bridgehead atoms. The number of hydrogen-bond donors (Lipinski definition) is 2. The van der Waals surface area contributed by atoms with Crippen molar-refractivity contribution in [1.29, 1.82) is 0 Å². The predicted molar refractivity (Wildman–Crippen MR) is 102 cm³/mol. The molecule has 0 spiro atoms. The van der Waals surface area contributed by atoms with Crippen molar-refractivity contribution < 1.29 is 29.2 Å². The van der Waals surface area contributed by atoms with Gasteiger partial charge in [-0.3, -0.25) is 9.36 Å².